The van der Waals surface area contributed by atoms with E-state index < -0.39 is 21.1 Å². The van der Waals surface area contributed by atoms with Crippen LogP contribution in [0.2, 0.25) is 10.0 Å². The second kappa shape index (κ2) is 7.64. The zero-order valence-electron chi connectivity index (χ0n) is 15.1. The van der Waals surface area contributed by atoms with Crippen LogP contribution in [0.15, 0.2) is 75.1 Å². The van der Waals surface area contributed by atoms with Crippen LogP contribution in [0.3, 0.4) is 0 Å². The fraction of sp³-hybridized carbons (Fsp3) is 0. The van der Waals surface area contributed by atoms with Crippen LogP contribution in [0.4, 0.5) is 5.69 Å². The molecule has 0 saturated heterocycles. The van der Waals surface area contributed by atoms with Gasteiger partial charge in [-0.15, -0.1) is 0 Å². The van der Waals surface area contributed by atoms with Gasteiger partial charge in [0.05, 0.1) is 26.8 Å². The first-order valence-electron chi connectivity index (χ1n) is 8.58. The monoisotopic (exact) mass is 461 g/mol. The molecule has 3 N–H and O–H groups in total. The first-order chi connectivity index (χ1) is 14.2. The van der Waals surface area contributed by atoms with Crippen LogP contribution in [0.25, 0.3) is 22.2 Å². The molecule has 0 spiro atoms. The topological polar surface area (TPSA) is 112 Å². The SMILES string of the molecule is O=c1[nH]c2cc(Cl)c(S(=O)(=O)Nc3ccc(-c4ccccc4)c(Cl)c3)cc2[nH]c1=O. The molecule has 0 fully saturated rings. The summed E-state index contributed by atoms with van der Waals surface area (Å²) in [6.07, 6.45) is 0. The number of fused-ring (bicyclic) bond motifs is 1. The van der Waals surface area contributed by atoms with E-state index in [1.807, 2.05) is 30.3 Å². The van der Waals surface area contributed by atoms with E-state index in [1.54, 1.807) is 12.1 Å². The highest BCUT2D eigenvalue weighted by atomic mass is 35.5. The smallest absolute Gasteiger partial charge is 0.314 e. The molecule has 3 aromatic carbocycles. The minimum Gasteiger partial charge on any atom is -0.316 e. The summed E-state index contributed by atoms with van der Waals surface area (Å²) in [5.74, 6) is 0. The Bertz CT molecular complexity index is 1500. The van der Waals surface area contributed by atoms with Crippen molar-refractivity contribution in [1.82, 2.24) is 9.97 Å². The van der Waals surface area contributed by atoms with E-state index in [4.69, 9.17) is 23.2 Å². The van der Waals surface area contributed by atoms with E-state index in [0.717, 1.165) is 11.1 Å². The molecule has 0 amide bonds. The number of hydrogen-bond acceptors (Lipinski definition) is 4. The minimum absolute atomic E-state index is 0.121. The third-order valence-corrected chi connectivity index (χ3v) is 6.53. The van der Waals surface area contributed by atoms with Gasteiger partial charge in [-0.25, -0.2) is 8.42 Å². The highest BCUT2D eigenvalue weighted by molar-refractivity contribution is 7.92. The van der Waals surface area contributed by atoms with Crippen LogP contribution >= 0.6 is 23.2 Å². The second-order valence-electron chi connectivity index (χ2n) is 6.40. The first kappa shape index (κ1) is 20.2. The van der Waals surface area contributed by atoms with Gasteiger partial charge in [-0.05, 0) is 29.8 Å². The zero-order valence-corrected chi connectivity index (χ0v) is 17.4. The van der Waals surface area contributed by atoms with Crippen molar-refractivity contribution in [3.8, 4) is 11.1 Å². The molecule has 4 aromatic rings. The molecule has 0 unspecified atom stereocenters. The van der Waals surface area contributed by atoms with Gasteiger partial charge < -0.3 is 9.97 Å². The lowest BCUT2D eigenvalue weighted by Crippen LogP contribution is -2.29. The van der Waals surface area contributed by atoms with Gasteiger partial charge in [-0.1, -0.05) is 59.6 Å². The average Bonchev–Trinajstić information content (AvgIpc) is 2.69. The van der Waals surface area contributed by atoms with Crippen LogP contribution in [-0.2, 0) is 10.0 Å². The van der Waals surface area contributed by atoms with Crippen molar-refractivity contribution in [2.45, 2.75) is 4.90 Å². The van der Waals surface area contributed by atoms with E-state index in [2.05, 4.69) is 14.7 Å². The van der Waals surface area contributed by atoms with Gasteiger partial charge in [0.1, 0.15) is 4.90 Å². The molecule has 1 aromatic heterocycles. The van der Waals surface area contributed by atoms with Crippen LogP contribution in [-0.4, -0.2) is 18.4 Å². The summed E-state index contributed by atoms with van der Waals surface area (Å²) < 4.78 is 28.2. The number of sulfonamides is 1. The molecule has 0 aliphatic rings. The van der Waals surface area contributed by atoms with Crippen molar-refractivity contribution in [1.29, 1.82) is 0 Å². The summed E-state index contributed by atoms with van der Waals surface area (Å²) in [5.41, 5.74) is 0.467. The number of aromatic nitrogens is 2. The lowest BCUT2D eigenvalue weighted by atomic mass is 10.1. The van der Waals surface area contributed by atoms with Gasteiger partial charge in [-0.2, -0.15) is 0 Å². The standard InChI is InChI=1S/C20H13Cl2N3O4S/c21-14-8-12(6-7-13(14)11-4-2-1-3-5-11)25-30(28,29)18-10-17-16(9-15(18)22)23-19(26)20(27)24-17/h1-10,25H,(H,23,26)(H,24,27). The maximum atomic E-state index is 12.9. The summed E-state index contributed by atoms with van der Waals surface area (Å²) in [6.45, 7) is 0. The Morgan fingerprint density at radius 3 is 2.03 bits per heavy atom. The minimum atomic E-state index is -4.11. The van der Waals surface area contributed by atoms with Crippen molar-refractivity contribution in [3.05, 3.63) is 91.4 Å². The number of benzene rings is 3. The van der Waals surface area contributed by atoms with Crippen molar-refractivity contribution in [2.24, 2.45) is 0 Å². The van der Waals surface area contributed by atoms with Crippen molar-refractivity contribution < 1.29 is 8.42 Å². The fourth-order valence-electron chi connectivity index (χ4n) is 2.96. The molecule has 0 atom stereocenters. The fourth-order valence-corrected chi connectivity index (χ4v) is 4.86. The highest BCUT2D eigenvalue weighted by Gasteiger charge is 2.20. The normalized spacial score (nSPS) is 11.5. The molecule has 152 valence electrons. The lowest BCUT2D eigenvalue weighted by Gasteiger charge is -2.12. The van der Waals surface area contributed by atoms with E-state index in [9.17, 15) is 18.0 Å². The Labute approximate surface area is 180 Å². The van der Waals surface area contributed by atoms with Gasteiger partial charge in [0.2, 0.25) is 0 Å². The van der Waals surface area contributed by atoms with Crippen molar-refractivity contribution in [2.75, 3.05) is 4.72 Å². The first-order valence-corrected chi connectivity index (χ1v) is 10.8. The van der Waals surface area contributed by atoms with Gasteiger partial charge in [0, 0.05) is 5.56 Å². The Morgan fingerprint density at radius 2 is 1.40 bits per heavy atom. The van der Waals surface area contributed by atoms with E-state index in [1.165, 1.54) is 18.2 Å². The van der Waals surface area contributed by atoms with Gasteiger partial charge in [-0.3, -0.25) is 14.3 Å². The Balaban J connectivity index is 1.72. The number of H-pyrrole nitrogens is 2. The van der Waals surface area contributed by atoms with Crippen molar-refractivity contribution >= 4 is 49.9 Å². The molecule has 0 radical (unpaired) electrons. The summed E-state index contributed by atoms with van der Waals surface area (Å²) in [5, 5.41) is 0.248. The summed E-state index contributed by atoms with van der Waals surface area (Å²) >= 11 is 12.5. The van der Waals surface area contributed by atoms with E-state index in [-0.39, 0.29) is 26.6 Å². The number of nitrogens with one attached hydrogen (secondary N) is 3. The van der Waals surface area contributed by atoms with E-state index >= 15 is 0 Å². The summed E-state index contributed by atoms with van der Waals surface area (Å²) in [6, 6.07) is 16.6. The Morgan fingerprint density at radius 1 is 0.767 bits per heavy atom. The predicted molar refractivity (Wildman–Crippen MR) is 118 cm³/mol. The summed E-state index contributed by atoms with van der Waals surface area (Å²) in [4.78, 5) is 27.4. The van der Waals surface area contributed by atoms with Gasteiger partial charge in [0.15, 0.2) is 0 Å². The molecule has 4 rings (SSSR count). The molecule has 0 saturated carbocycles. The zero-order chi connectivity index (χ0) is 21.5. The molecule has 30 heavy (non-hydrogen) atoms. The number of anilines is 1. The lowest BCUT2D eigenvalue weighted by molar-refractivity contribution is 0.601. The molecular formula is C20H13Cl2N3O4S. The number of rotatable bonds is 4. The van der Waals surface area contributed by atoms with Crippen LogP contribution in [0, 0.1) is 0 Å². The number of aromatic amines is 2. The van der Waals surface area contributed by atoms with Crippen LogP contribution < -0.4 is 15.8 Å². The average molecular weight is 462 g/mol. The molecule has 10 heteroatoms. The molecule has 0 bridgehead atoms. The largest absolute Gasteiger partial charge is 0.316 e. The number of hydrogen-bond donors (Lipinski definition) is 3. The second-order valence-corrected chi connectivity index (χ2v) is 8.87. The molecular weight excluding hydrogens is 449 g/mol. The van der Waals surface area contributed by atoms with Gasteiger partial charge in [0.25, 0.3) is 10.0 Å². The van der Waals surface area contributed by atoms with Crippen LogP contribution in [0.1, 0.15) is 0 Å². The maximum Gasteiger partial charge on any atom is 0.314 e. The maximum absolute atomic E-state index is 12.9. The van der Waals surface area contributed by atoms with Crippen LogP contribution in [0.5, 0.6) is 0 Å². The molecule has 0 aliphatic carbocycles. The van der Waals surface area contributed by atoms with E-state index in [0.29, 0.717) is 5.02 Å². The predicted octanol–water partition coefficient (Wildman–Crippen LogP) is 3.99. The van der Waals surface area contributed by atoms with Gasteiger partial charge >= 0.3 is 11.1 Å². The third kappa shape index (κ3) is 3.85. The Kier molecular flexibility index (Phi) is 5.15. The quantitative estimate of drug-likeness (QED) is 0.398. The van der Waals surface area contributed by atoms with Crippen molar-refractivity contribution in [3.63, 3.8) is 0 Å². The number of halogens is 2. The summed E-state index contributed by atoms with van der Waals surface area (Å²) in [7, 11) is -4.11. The Hall–Kier alpha value is -3.07. The third-order valence-electron chi connectivity index (χ3n) is 4.37. The highest BCUT2D eigenvalue weighted by Crippen LogP contribution is 2.32. The molecule has 7 nitrogen and oxygen atoms in total. The molecule has 0 aliphatic heterocycles. The molecule has 1 heterocycles.